The second-order valence-corrected chi connectivity index (χ2v) is 13.6. The number of rotatable bonds is 5. The third-order valence-corrected chi connectivity index (χ3v) is 10.4. The molecular weight excluding hydrogens is 665 g/mol. The molecule has 3 aromatic heterocycles. The van der Waals surface area contributed by atoms with Gasteiger partial charge in [-0.1, -0.05) is 140 Å². The van der Waals surface area contributed by atoms with Gasteiger partial charge in [-0.2, -0.15) is 0 Å². The first-order valence-electron chi connectivity index (χ1n) is 18.0. The number of benzene rings is 7. The van der Waals surface area contributed by atoms with Crippen molar-refractivity contribution < 1.29 is 8.83 Å². The molecule has 0 saturated carbocycles. The second kappa shape index (κ2) is 12.1. The maximum absolute atomic E-state index is 6.78. The van der Waals surface area contributed by atoms with E-state index in [1.807, 2.05) is 72.9 Å². The van der Waals surface area contributed by atoms with Gasteiger partial charge in [0, 0.05) is 55.6 Å². The fraction of sp³-hybridized carbons (Fsp3) is 0.0208. The summed E-state index contributed by atoms with van der Waals surface area (Å²) in [4.78, 5) is 15.6. The SMILES string of the molecule is c1ccc(C2=NC(c3cccc4oc5ccccc5c34)NC(c3ccccc3-c3cnc(-c4ccccc4)c4oc5cc6ccccc6cc5c34)=N2)cc1. The summed E-state index contributed by atoms with van der Waals surface area (Å²) in [6.07, 6.45) is 1.55. The standard InChI is InChI=1S/C48H30N4O2/c1-3-14-29(15-4-1)44-45-43(37-26-31-18-7-8-19-32(31)27-41(37)54-45)38(28-49-44)33-20-9-10-21-34(33)47-50-46(30-16-5-2-6-17-30)51-48(52-47)36-23-13-25-40-42(36)35-22-11-12-24-39(35)53-40/h1-28,48H,(H,50,51,52). The highest BCUT2D eigenvalue weighted by Crippen LogP contribution is 2.43. The van der Waals surface area contributed by atoms with Crippen LogP contribution in [0.1, 0.15) is 22.9 Å². The van der Waals surface area contributed by atoms with Gasteiger partial charge in [-0.3, -0.25) is 4.98 Å². The molecule has 0 radical (unpaired) electrons. The molecule has 0 aliphatic carbocycles. The number of nitrogens with zero attached hydrogens (tertiary/aromatic N) is 3. The number of pyridine rings is 1. The Labute approximate surface area is 309 Å². The minimum atomic E-state index is -0.440. The fourth-order valence-corrected chi connectivity index (χ4v) is 7.89. The zero-order valence-corrected chi connectivity index (χ0v) is 28.9. The number of para-hydroxylation sites is 1. The summed E-state index contributed by atoms with van der Waals surface area (Å²) in [6.45, 7) is 0. The summed E-state index contributed by atoms with van der Waals surface area (Å²) in [5, 5.41) is 10.2. The number of nitrogens with one attached hydrogen (secondary N) is 1. The Morgan fingerprint density at radius 3 is 2.02 bits per heavy atom. The van der Waals surface area contributed by atoms with Crippen LogP contribution in [0.5, 0.6) is 0 Å². The number of hydrogen-bond donors (Lipinski definition) is 1. The zero-order chi connectivity index (χ0) is 35.6. The molecular formula is C48H30N4O2. The van der Waals surface area contributed by atoms with E-state index >= 15 is 0 Å². The van der Waals surface area contributed by atoms with Crippen LogP contribution in [-0.4, -0.2) is 16.7 Å². The molecule has 1 N–H and O–H groups in total. The lowest BCUT2D eigenvalue weighted by Crippen LogP contribution is -2.34. The Morgan fingerprint density at radius 2 is 1.19 bits per heavy atom. The van der Waals surface area contributed by atoms with Gasteiger partial charge in [0.2, 0.25) is 0 Å². The number of aromatic nitrogens is 1. The van der Waals surface area contributed by atoms with Gasteiger partial charge in [-0.25, -0.2) is 9.98 Å². The Bertz CT molecular complexity index is 3140. The first-order chi connectivity index (χ1) is 26.8. The largest absolute Gasteiger partial charge is 0.456 e. The summed E-state index contributed by atoms with van der Waals surface area (Å²) in [5.74, 6) is 1.37. The number of amidine groups is 2. The molecule has 254 valence electrons. The highest BCUT2D eigenvalue weighted by Gasteiger charge is 2.27. The van der Waals surface area contributed by atoms with Crippen molar-refractivity contribution in [1.82, 2.24) is 10.3 Å². The lowest BCUT2D eigenvalue weighted by Gasteiger charge is -2.25. The van der Waals surface area contributed by atoms with E-state index in [1.165, 1.54) is 0 Å². The van der Waals surface area contributed by atoms with Gasteiger partial charge < -0.3 is 14.2 Å². The van der Waals surface area contributed by atoms with E-state index in [0.717, 1.165) is 93.7 Å². The molecule has 0 bridgehead atoms. The van der Waals surface area contributed by atoms with Crippen LogP contribution in [0.2, 0.25) is 0 Å². The number of fused-ring (bicyclic) bond motifs is 7. The van der Waals surface area contributed by atoms with Crippen LogP contribution in [0.4, 0.5) is 0 Å². The molecule has 11 rings (SSSR count). The average molecular weight is 695 g/mol. The zero-order valence-electron chi connectivity index (χ0n) is 28.9. The minimum Gasteiger partial charge on any atom is -0.456 e. The molecule has 0 fully saturated rings. The molecule has 1 aliphatic heterocycles. The van der Waals surface area contributed by atoms with Crippen LogP contribution in [0.3, 0.4) is 0 Å². The van der Waals surface area contributed by atoms with Crippen molar-refractivity contribution in [2.45, 2.75) is 6.17 Å². The molecule has 0 saturated heterocycles. The summed E-state index contributed by atoms with van der Waals surface area (Å²) >= 11 is 0. The Kier molecular flexibility index (Phi) is 6.82. The Morgan fingerprint density at radius 1 is 0.500 bits per heavy atom. The molecule has 1 atom stereocenters. The normalized spacial score (nSPS) is 14.5. The highest BCUT2D eigenvalue weighted by atomic mass is 16.3. The Hall–Kier alpha value is -7.31. The third-order valence-electron chi connectivity index (χ3n) is 10.4. The van der Waals surface area contributed by atoms with Crippen molar-refractivity contribution in [2.75, 3.05) is 0 Å². The predicted octanol–water partition coefficient (Wildman–Crippen LogP) is 11.9. The smallest absolute Gasteiger partial charge is 0.162 e. The van der Waals surface area contributed by atoms with Crippen LogP contribution in [-0.2, 0) is 0 Å². The molecule has 7 aromatic carbocycles. The average Bonchev–Trinajstić information content (AvgIpc) is 3.81. The highest BCUT2D eigenvalue weighted by molar-refractivity contribution is 6.21. The topological polar surface area (TPSA) is 75.9 Å². The number of aliphatic imine (C=N–C) groups is 2. The van der Waals surface area contributed by atoms with E-state index in [0.29, 0.717) is 11.7 Å². The molecule has 54 heavy (non-hydrogen) atoms. The summed E-state index contributed by atoms with van der Waals surface area (Å²) < 4.78 is 13.1. The van der Waals surface area contributed by atoms with Gasteiger partial charge in [-0.15, -0.1) is 0 Å². The lowest BCUT2D eigenvalue weighted by atomic mass is 9.94. The molecule has 4 heterocycles. The van der Waals surface area contributed by atoms with E-state index in [-0.39, 0.29) is 0 Å². The quantitative estimate of drug-likeness (QED) is 0.195. The van der Waals surface area contributed by atoms with Gasteiger partial charge in [0.15, 0.2) is 11.4 Å². The van der Waals surface area contributed by atoms with Crippen LogP contribution in [0.15, 0.2) is 189 Å². The van der Waals surface area contributed by atoms with Crippen LogP contribution >= 0.6 is 0 Å². The van der Waals surface area contributed by atoms with Crippen LogP contribution < -0.4 is 5.32 Å². The molecule has 10 aromatic rings. The van der Waals surface area contributed by atoms with Crippen molar-refractivity contribution in [3.8, 4) is 22.4 Å². The van der Waals surface area contributed by atoms with Crippen molar-refractivity contribution in [3.63, 3.8) is 0 Å². The summed E-state index contributed by atoms with van der Waals surface area (Å²) in [5.41, 5.74) is 9.86. The third kappa shape index (κ3) is 4.85. The molecule has 6 heteroatoms. The maximum atomic E-state index is 6.78. The van der Waals surface area contributed by atoms with Crippen LogP contribution in [0.25, 0.3) is 77.0 Å². The second-order valence-electron chi connectivity index (χ2n) is 13.6. The first kappa shape index (κ1) is 30.3. The van der Waals surface area contributed by atoms with E-state index in [4.69, 9.17) is 23.8 Å². The van der Waals surface area contributed by atoms with Gasteiger partial charge in [0.25, 0.3) is 0 Å². The number of furan rings is 2. The molecule has 1 aliphatic rings. The molecule has 0 spiro atoms. The van der Waals surface area contributed by atoms with Crippen molar-refractivity contribution >= 4 is 66.3 Å². The van der Waals surface area contributed by atoms with E-state index < -0.39 is 6.17 Å². The fourth-order valence-electron chi connectivity index (χ4n) is 7.89. The maximum Gasteiger partial charge on any atom is 0.162 e. The molecule has 1 unspecified atom stereocenters. The van der Waals surface area contributed by atoms with E-state index in [2.05, 4.69) is 102 Å². The minimum absolute atomic E-state index is 0.440. The Balaban J connectivity index is 1.14. The van der Waals surface area contributed by atoms with Gasteiger partial charge in [-0.05, 0) is 40.6 Å². The molecule has 6 nitrogen and oxygen atoms in total. The first-order valence-corrected chi connectivity index (χ1v) is 18.0. The van der Waals surface area contributed by atoms with Crippen molar-refractivity contribution in [2.24, 2.45) is 9.98 Å². The van der Waals surface area contributed by atoms with Gasteiger partial charge >= 0.3 is 0 Å². The van der Waals surface area contributed by atoms with Crippen molar-refractivity contribution in [1.29, 1.82) is 0 Å². The molecule has 0 amide bonds. The van der Waals surface area contributed by atoms with E-state index in [1.54, 1.807) is 0 Å². The summed E-state index contributed by atoms with van der Waals surface area (Å²) in [6, 6.07) is 55.9. The summed E-state index contributed by atoms with van der Waals surface area (Å²) in [7, 11) is 0. The van der Waals surface area contributed by atoms with E-state index in [9.17, 15) is 0 Å². The van der Waals surface area contributed by atoms with Crippen LogP contribution in [0, 0.1) is 0 Å². The lowest BCUT2D eigenvalue weighted by molar-refractivity contribution is 0.662. The van der Waals surface area contributed by atoms with Gasteiger partial charge in [0.1, 0.15) is 34.4 Å². The monoisotopic (exact) mass is 694 g/mol. The number of hydrogen-bond acceptors (Lipinski definition) is 6. The van der Waals surface area contributed by atoms with Crippen molar-refractivity contribution in [3.05, 3.63) is 187 Å². The van der Waals surface area contributed by atoms with Gasteiger partial charge in [0.05, 0.1) is 0 Å². The predicted molar refractivity (Wildman–Crippen MR) is 219 cm³/mol.